The van der Waals surface area contributed by atoms with Crippen LogP contribution in [0.15, 0.2) is 59.0 Å². The fraction of sp³-hybridized carbons (Fsp3) is 0.190. The Hall–Kier alpha value is -3.75. The summed E-state index contributed by atoms with van der Waals surface area (Å²) in [5.41, 5.74) is 0.325. The van der Waals surface area contributed by atoms with E-state index >= 15 is 0 Å². The number of amides is 1. The number of halogens is 2. The highest BCUT2D eigenvalue weighted by Gasteiger charge is 2.15. The normalized spacial score (nSPS) is 10.6. The van der Waals surface area contributed by atoms with Crippen LogP contribution in [0.25, 0.3) is 0 Å². The fourth-order valence-corrected chi connectivity index (χ4v) is 2.54. The van der Waals surface area contributed by atoms with Crippen LogP contribution in [-0.4, -0.2) is 26.7 Å². The maximum absolute atomic E-state index is 12.4. The van der Waals surface area contributed by atoms with Crippen LogP contribution in [0.2, 0.25) is 0 Å². The molecule has 0 aliphatic carbocycles. The van der Waals surface area contributed by atoms with Gasteiger partial charge in [0.1, 0.15) is 23.9 Å². The van der Waals surface area contributed by atoms with E-state index in [1.807, 2.05) is 0 Å². The summed E-state index contributed by atoms with van der Waals surface area (Å²) in [6.07, 6.45) is 0. The Morgan fingerprint density at radius 1 is 0.967 bits per heavy atom. The zero-order valence-corrected chi connectivity index (χ0v) is 16.2. The first-order valence-electron chi connectivity index (χ1n) is 8.78. The number of rotatable bonds is 9. The third kappa shape index (κ3) is 5.40. The van der Waals surface area contributed by atoms with Crippen LogP contribution in [-0.2, 0) is 6.61 Å². The smallest absolute Gasteiger partial charge is 0.387 e. The minimum Gasteiger partial charge on any atom is -0.497 e. The summed E-state index contributed by atoms with van der Waals surface area (Å²) in [6.45, 7) is -2.85. The van der Waals surface area contributed by atoms with E-state index in [0.717, 1.165) is 0 Å². The predicted octanol–water partition coefficient (Wildman–Crippen LogP) is 4.73. The van der Waals surface area contributed by atoms with Crippen molar-refractivity contribution in [1.82, 2.24) is 0 Å². The summed E-state index contributed by atoms with van der Waals surface area (Å²) < 4.78 is 50.3. The third-order valence-corrected chi connectivity index (χ3v) is 3.96. The molecule has 0 saturated heterocycles. The number of hydrogen-bond donors (Lipinski definition) is 1. The molecule has 1 N–H and O–H groups in total. The number of carbonyl (C=O) groups is 1. The van der Waals surface area contributed by atoms with Gasteiger partial charge in [-0.15, -0.1) is 0 Å². The molecule has 9 heteroatoms. The Kier molecular flexibility index (Phi) is 6.74. The fourth-order valence-electron chi connectivity index (χ4n) is 2.54. The van der Waals surface area contributed by atoms with Gasteiger partial charge in [-0.1, -0.05) is 0 Å². The summed E-state index contributed by atoms with van der Waals surface area (Å²) in [7, 11) is 2.88. The molecule has 0 aliphatic heterocycles. The van der Waals surface area contributed by atoms with Crippen molar-refractivity contribution in [2.24, 2.45) is 0 Å². The van der Waals surface area contributed by atoms with E-state index in [1.54, 1.807) is 37.4 Å². The summed E-state index contributed by atoms with van der Waals surface area (Å²) in [5, 5.41) is 2.60. The van der Waals surface area contributed by atoms with Gasteiger partial charge >= 0.3 is 6.61 Å². The van der Waals surface area contributed by atoms with E-state index in [0.29, 0.717) is 22.9 Å². The van der Waals surface area contributed by atoms with E-state index in [9.17, 15) is 13.6 Å². The molecule has 7 nitrogen and oxygen atoms in total. The first-order chi connectivity index (χ1) is 14.5. The van der Waals surface area contributed by atoms with Crippen molar-refractivity contribution < 1.29 is 36.9 Å². The van der Waals surface area contributed by atoms with Crippen LogP contribution in [0, 0.1) is 0 Å². The zero-order valence-electron chi connectivity index (χ0n) is 16.2. The topological polar surface area (TPSA) is 79.2 Å². The minimum atomic E-state index is -2.99. The Balaban J connectivity index is 1.60. The summed E-state index contributed by atoms with van der Waals surface area (Å²) in [6, 6.07) is 14.2. The lowest BCUT2D eigenvalue weighted by molar-refractivity contribution is -0.0512. The molecule has 2 aromatic carbocycles. The van der Waals surface area contributed by atoms with Crippen LogP contribution in [0.3, 0.4) is 0 Å². The predicted molar refractivity (Wildman–Crippen MR) is 104 cm³/mol. The van der Waals surface area contributed by atoms with Gasteiger partial charge in [-0.25, -0.2) is 0 Å². The molecule has 0 radical (unpaired) electrons. The Morgan fingerprint density at radius 2 is 1.70 bits per heavy atom. The minimum absolute atomic E-state index is 0.0566. The van der Waals surface area contributed by atoms with Crippen molar-refractivity contribution >= 4 is 11.6 Å². The van der Waals surface area contributed by atoms with Crippen LogP contribution >= 0.6 is 0 Å². The van der Waals surface area contributed by atoms with Gasteiger partial charge in [0, 0.05) is 11.8 Å². The van der Waals surface area contributed by atoms with Gasteiger partial charge in [-0.2, -0.15) is 8.78 Å². The van der Waals surface area contributed by atoms with Gasteiger partial charge in [-0.05, 0) is 48.5 Å². The van der Waals surface area contributed by atoms with Crippen LogP contribution in [0.5, 0.6) is 23.0 Å². The second-order valence-electron chi connectivity index (χ2n) is 5.93. The molecule has 158 valence electrons. The molecule has 1 heterocycles. The van der Waals surface area contributed by atoms with Gasteiger partial charge < -0.3 is 28.7 Å². The van der Waals surface area contributed by atoms with Crippen molar-refractivity contribution in [3.05, 3.63) is 66.1 Å². The number of benzene rings is 2. The van der Waals surface area contributed by atoms with E-state index in [-0.39, 0.29) is 23.9 Å². The van der Waals surface area contributed by atoms with E-state index in [2.05, 4.69) is 10.1 Å². The highest BCUT2D eigenvalue weighted by Crippen LogP contribution is 2.31. The van der Waals surface area contributed by atoms with Crippen LogP contribution in [0.4, 0.5) is 14.5 Å². The molecular weight excluding hydrogens is 400 g/mol. The van der Waals surface area contributed by atoms with Crippen LogP contribution < -0.4 is 24.3 Å². The van der Waals surface area contributed by atoms with Gasteiger partial charge in [0.15, 0.2) is 17.3 Å². The number of hydrogen-bond acceptors (Lipinski definition) is 6. The number of anilines is 1. The third-order valence-electron chi connectivity index (χ3n) is 3.96. The number of furan rings is 1. The highest BCUT2D eigenvalue weighted by atomic mass is 19.3. The maximum atomic E-state index is 12.4. The largest absolute Gasteiger partial charge is 0.497 e. The lowest BCUT2D eigenvalue weighted by atomic mass is 10.2. The van der Waals surface area contributed by atoms with Gasteiger partial charge in [0.05, 0.1) is 14.2 Å². The van der Waals surface area contributed by atoms with Crippen molar-refractivity contribution in [2.75, 3.05) is 19.5 Å². The van der Waals surface area contributed by atoms with Gasteiger partial charge in [-0.3, -0.25) is 4.79 Å². The van der Waals surface area contributed by atoms with Crippen molar-refractivity contribution in [3.8, 4) is 23.0 Å². The first kappa shape index (κ1) is 21.0. The Bertz CT molecular complexity index is 987. The second-order valence-corrected chi connectivity index (χ2v) is 5.93. The Labute approximate surface area is 171 Å². The lowest BCUT2D eigenvalue weighted by Gasteiger charge is -2.11. The standard InChI is InChI=1S/C21H19F2NO6/c1-26-14-4-6-15(7-5-14)28-12-16-8-10-18(29-16)20(25)24-13-3-9-17(30-21(22)23)19(11-13)27-2/h3-11,21H,12H2,1-2H3,(H,24,25). The summed E-state index contributed by atoms with van der Waals surface area (Å²) in [4.78, 5) is 12.4. The Morgan fingerprint density at radius 3 is 2.37 bits per heavy atom. The number of methoxy groups -OCH3 is 2. The van der Waals surface area contributed by atoms with Crippen molar-refractivity contribution in [2.45, 2.75) is 13.2 Å². The van der Waals surface area contributed by atoms with E-state index in [1.165, 1.54) is 31.4 Å². The molecule has 30 heavy (non-hydrogen) atoms. The molecule has 0 atom stereocenters. The average Bonchev–Trinajstić information content (AvgIpc) is 3.22. The van der Waals surface area contributed by atoms with Gasteiger partial charge in [0.25, 0.3) is 5.91 Å². The lowest BCUT2D eigenvalue weighted by Crippen LogP contribution is -2.11. The first-order valence-corrected chi connectivity index (χ1v) is 8.78. The summed E-state index contributed by atoms with van der Waals surface area (Å²) in [5.74, 6) is 1.25. The van der Waals surface area contributed by atoms with Crippen molar-refractivity contribution in [1.29, 1.82) is 0 Å². The van der Waals surface area contributed by atoms with Crippen LogP contribution in [0.1, 0.15) is 16.3 Å². The molecular formula is C21H19F2NO6. The average molecular weight is 419 g/mol. The molecule has 0 saturated carbocycles. The molecule has 0 aliphatic rings. The molecule has 1 aromatic heterocycles. The summed E-state index contributed by atoms with van der Waals surface area (Å²) >= 11 is 0. The second kappa shape index (κ2) is 9.64. The maximum Gasteiger partial charge on any atom is 0.387 e. The molecule has 0 spiro atoms. The molecule has 0 bridgehead atoms. The SMILES string of the molecule is COc1ccc(OCc2ccc(C(=O)Nc3ccc(OC(F)F)c(OC)c3)o2)cc1. The van der Waals surface area contributed by atoms with Gasteiger partial charge in [0.2, 0.25) is 0 Å². The highest BCUT2D eigenvalue weighted by molar-refractivity contribution is 6.02. The number of nitrogens with one attached hydrogen (secondary N) is 1. The monoisotopic (exact) mass is 419 g/mol. The van der Waals surface area contributed by atoms with Crippen molar-refractivity contribution in [3.63, 3.8) is 0 Å². The zero-order chi connectivity index (χ0) is 21.5. The molecule has 0 unspecified atom stereocenters. The molecule has 1 amide bonds. The van der Waals surface area contributed by atoms with E-state index in [4.69, 9.17) is 18.6 Å². The quantitative estimate of drug-likeness (QED) is 0.540. The number of ether oxygens (including phenoxy) is 4. The molecule has 0 fully saturated rings. The number of carbonyl (C=O) groups excluding carboxylic acids is 1. The molecule has 3 rings (SSSR count). The van der Waals surface area contributed by atoms with E-state index < -0.39 is 12.5 Å². The number of alkyl halides is 2. The molecule has 3 aromatic rings.